The van der Waals surface area contributed by atoms with Crippen LogP contribution in [-0.4, -0.2) is 67.7 Å². The summed E-state index contributed by atoms with van der Waals surface area (Å²) in [5.74, 6) is 0.419. The van der Waals surface area contributed by atoms with E-state index in [1.165, 1.54) is 4.88 Å². The minimum absolute atomic E-state index is 0.134. The van der Waals surface area contributed by atoms with Crippen LogP contribution in [0.3, 0.4) is 0 Å². The third kappa shape index (κ3) is 4.53. The molecule has 1 aromatic heterocycles. The predicted molar refractivity (Wildman–Crippen MR) is 92.6 cm³/mol. The van der Waals surface area contributed by atoms with Gasteiger partial charge in [-0.25, -0.2) is 0 Å². The van der Waals surface area contributed by atoms with Crippen LogP contribution in [0.1, 0.15) is 17.7 Å². The molecule has 2 N–H and O–H groups in total. The second kappa shape index (κ2) is 8.24. The summed E-state index contributed by atoms with van der Waals surface area (Å²) in [6.07, 6.45) is 2.93. The number of amides is 1. The van der Waals surface area contributed by atoms with Gasteiger partial charge in [-0.05, 0) is 36.6 Å². The van der Waals surface area contributed by atoms with Gasteiger partial charge in [-0.15, -0.1) is 11.3 Å². The Morgan fingerprint density at radius 2 is 2.04 bits per heavy atom. The number of hydrogen-bond acceptors (Lipinski definition) is 5. The van der Waals surface area contributed by atoms with Gasteiger partial charge in [-0.2, -0.15) is 0 Å². The van der Waals surface area contributed by atoms with Crippen LogP contribution in [0.15, 0.2) is 17.5 Å². The van der Waals surface area contributed by atoms with E-state index in [9.17, 15) is 4.79 Å². The molecule has 2 aliphatic rings. The molecule has 2 saturated heterocycles. The Labute approximate surface area is 142 Å². The zero-order valence-corrected chi connectivity index (χ0v) is 14.5. The maximum atomic E-state index is 12.6. The molecule has 128 valence electrons. The number of carbonyl (C=O) groups is 1. The van der Waals surface area contributed by atoms with E-state index < -0.39 is 0 Å². The van der Waals surface area contributed by atoms with Gasteiger partial charge in [-0.3, -0.25) is 9.69 Å². The average Bonchev–Trinajstić information content (AvgIpc) is 3.13. The maximum Gasteiger partial charge on any atom is 0.239 e. The Hall–Kier alpha value is -0.950. The highest BCUT2D eigenvalue weighted by molar-refractivity contribution is 7.09. The number of nitrogens with two attached hydrogens (primary N) is 1. The molecule has 0 radical (unpaired) electrons. The zero-order chi connectivity index (χ0) is 16.1. The molecule has 0 aromatic carbocycles. The number of nitrogens with zero attached hydrogens (tertiary/aromatic N) is 2. The minimum atomic E-state index is -0.350. The van der Waals surface area contributed by atoms with Crippen molar-refractivity contribution >= 4 is 17.2 Å². The van der Waals surface area contributed by atoms with Gasteiger partial charge in [0.25, 0.3) is 0 Å². The largest absolute Gasteiger partial charge is 0.381 e. The SMILES string of the molecule is NC(C(=O)N1CCN(CCc2cccs2)CC1)C1CCOCC1. The van der Waals surface area contributed by atoms with E-state index >= 15 is 0 Å². The maximum absolute atomic E-state index is 12.6. The summed E-state index contributed by atoms with van der Waals surface area (Å²) >= 11 is 1.82. The predicted octanol–water partition coefficient (Wildman–Crippen LogP) is 1.19. The van der Waals surface area contributed by atoms with Crippen molar-refractivity contribution < 1.29 is 9.53 Å². The van der Waals surface area contributed by atoms with E-state index in [0.717, 1.165) is 65.2 Å². The Kier molecular flexibility index (Phi) is 6.05. The van der Waals surface area contributed by atoms with Crippen molar-refractivity contribution in [3.8, 4) is 0 Å². The van der Waals surface area contributed by atoms with Crippen LogP contribution in [0.4, 0.5) is 0 Å². The van der Waals surface area contributed by atoms with Crippen LogP contribution in [0.25, 0.3) is 0 Å². The lowest BCUT2D eigenvalue weighted by Crippen LogP contribution is -2.55. The molecule has 3 rings (SSSR count). The van der Waals surface area contributed by atoms with E-state index in [-0.39, 0.29) is 17.9 Å². The zero-order valence-electron chi connectivity index (χ0n) is 13.7. The van der Waals surface area contributed by atoms with E-state index in [1.54, 1.807) is 0 Å². The van der Waals surface area contributed by atoms with Gasteiger partial charge in [0.1, 0.15) is 0 Å². The fourth-order valence-electron chi connectivity index (χ4n) is 3.40. The molecule has 1 atom stereocenters. The molecule has 1 aromatic rings. The molecule has 23 heavy (non-hydrogen) atoms. The fraction of sp³-hybridized carbons (Fsp3) is 0.706. The number of thiophene rings is 1. The summed E-state index contributed by atoms with van der Waals surface area (Å²) in [7, 11) is 0. The lowest BCUT2D eigenvalue weighted by Gasteiger charge is -2.37. The number of hydrogen-bond donors (Lipinski definition) is 1. The number of piperazine rings is 1. The highest BCUT2D eigenvalue weighted by Gasteiger charge is 2.31. The molecule has 0 saturated carbocycles. The summed E-state index contributed by atoms with van der Waals surface area (Å²) in [6.45, 7) is 6.08. The first-order valence-electron chi connectivity index (χ1n) is 8.61. The standard InChI is InChI=1S/C17H27N3O2S/c18-16(14-4-11-22-12-5-14)17(21)20-9-7-19(8-10-20)6-3-15-2-1-13-23-15/h1-2,13-14,16H,3-12,18H2. The lowest BCUT2D eigenvalue weighted by atomic mass is 9.91. The molecular formula is C17H27N3O2S. The first-order chi connectivity index (χ1) is 11.2. The van der Waals surface area contributed by atoms with Gasteiger partial charge in [0.2, 0.25) is 5.91 Å². The molecule has 2 aliphatic heterocycles. The Bertz CT molecular complexity index is 480. The smallest absolute Gasteiger partial charge is 0.239 e. The van der Waals surface area contributed by atoms with Gasteiger partial charge < -0.3 is 15.4 Å². The second-order valence-electron chi connectivity index (χ2n) is 6.47. The monoisotopic (exact) mass is 337 g/mol. The molecule has 2 fully saturated rings. The van der Waals surface area contributed by atoms with Crippen LogP contribution >= 0.6 is 11.3 Å². The first kappa shape index (κ1) is 16.9. The molecular weight excluding hydrogens is 310 g/mol. The first-order valence-corrected chi connectivity index (χ1v) is 9.49. The van der Waals surface area contributed by atoms with Gasteiger partial charge in [0, 0.05) is 50.8 Å². The van der Waals surface area contributed by atoms with Crippen LogP contribution < -0.4 is 5.73 Å². The quantitative estimate of drug-likeness (QED) is 0.877. The van der Waals surface area contributed by atoms with Crippen molar-refractivity contribution in [3.63, 3.8) is 0 Å². The highest BCUT2D eigenvalue weighted by atomic mass is 32.1. The van der Waals surface area contributed by atoms with Crippen LogP contribution in [0.2, 0.25) is 0 Å². The van der Waals surface area contributed by atoms with Crippen LogP contribution in [0, 0.1) is 5.92 Å². The molecule has 0 bridgehead atoms. The van der Waals surface area contributed by atoms with E-state index in [1.807, 2.05) is 16.2 Å². The van der Waals surface area contributed by atoms with Crippen molar-refractivity contribution in [2.75, 3.05) is 45.9 Å². The summed E-state index contributed by atoms with van der Waals surface area (Å²) in [5, 5.41) is 2.13. The third-order valence-corrected chi connectivity index (χ3v) is 5.93. The second-order valence-corrected chi connectivity index (χ2v) is 7.50. The van der Waals surface area contributed by atoms with Crippen LogP contribution in [-0.2, 0) is 16.0 Å². The molecule has 6 heteroatoms. The number of carbonyl (C=O) groups excluding carboxylic acids is 1. The molecule has 5 nitrogen and oxygen atoms in total. The minimum Gasteiger partial charge on any atom is -0.381 e. The summed E-state index contributed by atoms with van der Waals surface area (Å²) < 4.78 is 5.36. The van der Waals surface area contributed by atoms with Crippen molar-refractivity contribution in [2.24, 2.45) is 11.7 Å². The summed E-state index contributed by atoms with van der Waals surface area (Å²) in [5.41, 5.74) is 6.22. The summed E-state index contributed by atoms with van der Waals surface area (Å²) in [4.78, 5) is 18.4. The van der Waals surface area contributed by atoms with Crippen molar-refractivity contribution in [1.29, 1.82) is 0 Å². The molecule has 3 heterocycles. The Morgan fingerprint density at radius 3 is 2.70 bits per heavy atom. The number of ether oxygens (including phenoxy) is 1. The van der Waals surface area contributed by atoms with Crippen LogP contribution in [0.5, 0.6) is 0 Å². The molecule has 1 unspecified atom stereocenters. The van der Waals surface area contributed by atoms with E-state index in [4.69, 9.17) is 10.5 Å². The number of rotatable bonds is 5. The summed E-state index contributed by atoms with van der Waals surface area (Å²) in [6, 6.07) is 3.95. The highest BCUT2D eigenvalue weighted by Crippen LogP contribution is 2.19. The van der Waals surface area contributed by atoms with E-state index in [2.05, 4.69) is 22.4 Å². The van der Waals surface area contributed by atoms with Gasteiger partial charge in [0.05, 0.1) is 6.04 Å². The molecule has 0 aliphatic carbocycles. The molecule has 0 spiro atoms. The van der Waals surface area contributed by atoms with Crippen molar-refractivity contribution in [1.82, 2.24) is 9.80 Å². The normalized spacial score (nSPS) is 22.2. The topological polar surface area (TPSA) is 58.8 Å². The third-order valence-electron chi connectivity index (χ3n) is 5.00. The fourth-order valence-corrected chi connectivity index (χ4v) is 4.10. The van der Waals surface area contributed by atoms with Gasteiger partial charge >= 0.3 is 0 Å². The van der Waals surface area contributed by atoms with Gasteiger partial charge in [-0.1, -0.05) is 6.07 Å². The average molecular weight is 337 g/mol. The van der Waals surface area contributed by atoms with Gasteiger partial charge in [0.15, 0.2) is 0 Å². The van der Waals surface area contributed by atoms with Crippen molar-refractivity contribution in [3.05, 3.63) is 22.4 Å². The Balaban J connectivity index is 1.41. The lowest BCUT2D eigenvalue weighted by molar-refractivity contribution is -0.136. The van der Waals surface area contributed by atoms with Crippen molar-refractivity contribution in [2.45, 2.75) is 25.3 Å². The van der Waals surface area contributed by atoms with E-state index in [0.29, 0.717) is 0 Å². The molecule has 1 amide bonds. The Morgan fingerprint density at radius 1 is 1.30 bits per heavy atom.